The molecule has 0 heterocycles. The van der Waals surface area contributed by atoms with E-state index in [1.54, 1.807) is 55.6 Å². The SMILES string of the molecule is COc1cccc(ON([O-])c2ccc(CN(C)[O-])cc2)c1. The van der Waals surface area contributed by atoms with Crippen molar-refractivity contribution in [3.63, 3.8) is 0 Å². The molecular formula is C15H16N2O4-2. The molecule has 0 amide bonds. The number of hydrogen-bond donors (Lipinski definition) is 0. The molecule has 0 N–H and O–H groups in total. The summed E-state index contributed by atoms with van der Waals surface area (Å²) in [7, 11) is 2.99. The van der Waals surface area contributed by atoms with Gasteiger partial charge in [-0.15, -0.1) is 0 Å². The highest BCUT2D eigenvalue weighted by atomic mass is 16.9. The molecule has 0 unspecified atom stereocenters. The van der Waals surface area contributed by atoms with Gasteiger partial charge in [-0.3, -0.25) is 5.23 Å². The minimum absolute atomic E-state index is 0.274. The second-order valence-electron chi connectivity index (χ2n) is 4.48. The normalized spacial score (nSPS) is 10.5. The zero-order valence-corrected chi connectivity index (χ0v) is 11.9. The molecule has 0 aliphatic rings. The Bertz CT molecular complexity index is 572. The smallest absolute Gasteiger partial charge is 0.157 e. The summed E-state index contributed by atoms with van der Waals surface area (Å²) in [4.78, 5) is 5.19. The van der Waals surface area contributed by atoms with E-state index in [4.69, 9.17) is 9.57 Å². The molecular weight excluding hydrogens is 272 g/mol. The molecule has 2 rings (SSSR count). The second-order valence-corrected chi connectivity index (χ2v) is 4.48. The molecule has 0 bridgehead atoms. The summed E-state index contributed by atoms with van der Waals surface area (Å²) < 4.78 is 5.06. The number of nitrogens with zero attached hydrogens (tertiary/aromatic N) is 2. The standard InChI is InChI=1S/C15H16N2O4/c1-16(18)11-12-6-8-13(9-7-12)17(19)21-15-5-3-4-14(10-15)20-2/h3-10H,11H2,1-2H3/q-2. The maximum Gasteiger partial charge on any atom is 0.157 e. The fourth-order valence-electron chi connectivity index (χ4n) is 1.79. The van der Waals surface area contributed by atoms with E-state index in [2.05, 4.69) is 0 Å². The second kappa shape index (κ2) is 6.94. The lowest BCUT2D eigenvalue weighted by Gasteiger charge is -2.29. The van der Waals surface area contributed by atoms with Crippen molar-refractivity contribution in [2.75, 3.05) is 19.4 Å². The van der Waals surface area contributed by atoms with E-state index in [-0.39, 0.29) is 6.54 Å². The zero-order valence-electron chi connectivity index (χ0n) is 11.9. The van der Waals surface area contributed by atoms with Gasteiger partial charge >= 0.3 is 0 Å². The summed E-state index contributed by atoms with van der Waals surface area (Å²) in [5, 5.41) is 24.1. The molecule has 6 nitrogen and oxygen atoms in total. The Morgan fingerprint density at radius 3 is 2.29 bits per heavy atom. The van der Waals surface area contributed by atoms with E-state index in [0.29, 0.717) is 22.4 Å². The highest BCUT2D eigenvalue weighted by Crippen LogP contribution is 2.22. The summed E-state index contributed by atoms with van der Waals surface area (Å²) in [6.07, 6.45) is 0. The van der Waals surface area contributed by atoms with Crippen LogP contribution in [0.1, 0.15) is 5.56 Å². The van der Waals surface area contributed by atoms with Crippen molar-refractivity contribution in [2.24, 2.45) is 0 Å². The van der Waals surface area contributed by atoms with E-state index in [9.17, 15) is 10.4 Å². The molecule has 2 aromatic rings. The van der Waals surface area contributed by atoms with Crippen LogP contribution in [-0.4, -0.2) is 19.2 Å². The van der Waals surface area contributed by atoms with Crippen LogP contribution in [0.4, 0.5) is 5.69 Å². The molecule has 0 spiro atoms. The van der Waals surface area contributed by atoms with E-state index in [0.717, 1.165) is 10.6 Å². The van der Waals surface area contributed by atoms with E-state index in [1.165, 1.54) is 7.05 Å². The largest absolute Gasteiger partial charge is 0.785 e. The molecule has 0 aliphatic carbocycles. The monoisotopic (exact) mass is 288 g/mol. The Kier molecular flexibility index (Phi) is 4.99. The van der Waals surface area contributed by atoms with Gasteiger partial charge in [-0.2, -0.15) is 0 Å². The highest BCUT2D eigenvalue weighted by Gasteiger charge is 2.01. The number of methoxy groups -OCH3 is 1. The summed E-state index contributed by atoms with van der Waals surface area (Å²) in [5.41, 5.74) is 1.17. The minimum Gasteiger partial charge on any atom is -0.785 e. The van der Waals surface area contributed by atoms with Crippen LogP contribution in [0.2, 0.25) is 0 Å². The summed E-state index contributed by atoms with van der Waals surface area (Å²) in [6, 6.07) is 13.4. The van der Waals surface area contributed by atoms with Gasteiger partial charge in [0.1, 0.15) is 5.75 Å². The summed E-state index contributed by atoms with van der Waals surface area (Å²) >= 11 is 0. The number of hydroxylamine groups is 2. The zero-order chi connectivity index (χ0) is 15.2. The molecule has 0 aliphatic heterocycles. The number of ether oxygens (including phenoxy) is 1. The van der Waals surface area contributed by atoms with Crippen molar-refractivity contribution >= 4 is 5.69 Å². The number of rotatable bonds is 6. The average molecular weight is 288 g/mol. The number of hydrogen-bond acceptors (Lipinski definition) is 6. The van der Waals surface area contributed by atoms with Crippen LogP contribution < -0.4 is 14.8 Å². The highest BCUT2D eigenvalue weighted by molar-refractivity contribution is 5.47. The van der Waals surface area contributed by atoms with Gasteiger partial charge in [0.2, 0.25) is 0 Å². The van der Waals surface area contributed by atoms with Gasteiger partial charge in [-0.1, -0.05) is 18.2 Å². The van der Waals surface area contributed by atoms with Crippen molar-refractivity contribution in [2.45, 2.75) is 6.54 Å². The molecule has 0 aromatic heterocycles. The van der Waals surface area contributed by atoms with Crippen LogP contribution >= 0.6 is 0 Å². The molecule has 0 radical (unpaired) electrons. The van der Waals surface area contributed by atoms with Crippen molar-refractivity contribution in [1.29, 1.82) is 0 Å². The van der Waals surface area contributed by atoms with Crippen LogP contribution in [0.15, 0.2) is 48.5 Å². The number of anilines is 1. The van der Waals surface area contributed by atoms with E-state index >= 15 is 0 Å². The number of benzene rings is 2. The first-order valence-electron chi connectivity index (χ1n) is 6.35. The Hall–Kier alpha value is -2.28. The Balaban J connectivity index is 2.03. The van der Waals surface area contributed by atoms with Crippen molar-refractivity contribution in [3.05, 3.63) is 64.5 Å². The van der Waals surface area contributed by atoms with Gasteiger partial charge in [0.15, 0.2) is 5.75 Å². The van der Waals surface area contributed by atoms with Crippen LogP contribution in [0.3, 0.4) is 0 Å². The third-order valence-electron chi connectivity index (χ3n) is 2.78. The van der Waals surface area contributed by atoms with Crippen LogP contribution in [0.5, 0.6) is 11.5 Å². The van der Waals surface area contributed by atoms with Crippen molar-refractivity contribution in [3.8, 4) is 11.5 Å². The van der Waals surface area contributed by atoms with E-state index in [1.807, 2.05) is 0 Å². The first kappa shape index (κ1) is 15.1. The summed E-state index contributed by atoms with van der Waals surface area (Å²) in [6.45, 7) is 0.274. The fraction of sp³-hybridized carbons (Fsp3) is 0.200. The van der Waals surface area contributed by atoms with Crippen LogP contribution in [0.25, 0.3) is 0 Å². The minimum atomic E-state index is 0.274. The van der Waals surface area contributed by atoms with Crippen molar-refractivity contribution < 1.29 is 9.57 Å². The fourth-order valence-corrected chi connectivity index (χ4v) is 1.79. The predicted molar refractivity (Wildman–Crippen MR) is 80.7 cm³/mol. The predicted octanol–water partition coefficient (Wildman–Crippen LogP) is 2.92. The topological polar surface area (TPSA) is 71.1 Å². The van der Waals surface area contributed by atoms with Gasteiger partial charge < -0.3 is 25.1 Å². The van der Waals surface area contributed by atoms with Crippen LogP contribution in [0, 0.1) is 10.4 Å². The van der Waals surface area contributed by atoms with Crippen LogP contribution in [-0.2, 0) is 6.54 Å². The lowest BCUT2D eigenvalue weighted by Crippen LogP contribution is -2.19. The molecule has 0 saturated carbocycles. The molecule has 21 heavy (non-hydrogen) atoms. The third-order valence-corrected chi connectivity index (χ3v) is 2.78. The molecule has 0 fully saturated rings. The maximum atomic E-state index is 11.9. The lowest BCUT2D eigenvalue weighted by molar-refractivity contribution is 0.316. The first-order chi connectivity index (χ1) is 10.1. The van der Waals surface area contributed by atoms with Gasteiger partial charge in [0.25, 0.3) is 0 Å². The first-order valence-corrected chi connectivity index (χ1v) is 6.35. The third kappa shape index (κ3) is 4.35. The van der Waals surface area contributed by atoms with Crippen molar-refractivity contribution in [1.82, 2.24) is 5.06 Å². The Morgan fingerprint density at radius 2 is 1.67 bits per heavy atom. The Morgan fingerprint density at radius 1 is 1.00 bits per heavy atom. The molecule has 0 atom stereocenters. The van der Waals surface area contributed by atoms with Gasteiger partial charge in [0, 0.05) is 12.6 Å². The molecule has 6 heteroatoms. The molecule has 0 saturated heterocycles. The Labute approximate surface area is 123 Å². The van der Waals surface area contributed by atoms with Gasteiger partial charge in [-0.25, -0.2) is 0 Å². The lowest BCUT2D eigenvalue weighted by atomic mass is 10.2. The van der Waals surface area contributed by atoms with Gasteiger partial charge in [0.05, 0.1) is 12.8 Å². The molecule has 2 aromatic carbocycles. The van der Waals surface area contributed by atoms with Gasteiger partial charge in [-0.05, 0) is 36.9 Å². The maximum absolute atomic E-state index is 11.9. The average Bonchev–Trinajstić information content (AvgIpc) is 2.47. The summed E-state index contributed by atoms with van der Waals surface area (Å²) in [5.74, 6) is 0.988. The molecule has 112 valence electrons. The quantitative estimate of drug-likeness (QED) is 0.761. The van der Waals surface area contributed by atoms with E-state index < -0.39 is 0 Å².